The number of benzene rings is 2. The highest BCUT2D eigenvalue weighted by atomic mass is 16.6. The number of hydrogen-bond donors (Lipinski definition) is 1. The van der Waals surface area contributed by atoms with Crippen LogP contribution >= 0.6 is 0 Å². The maximum Gasteiger partial charge on any atom is 0.410 e. The number of nitrogens with one attached hydrogen (secondary N) is 1. The number of ether oxygens (including phenoxy) is 1. The van der Waals surface area contributed by atoms with Crippen LogP contribution in [0.5, 0.6) is 0 Å². The molecule has 1 aliphatic heterocycles. The van der Waals surface area contributed by atoms with Gasteiger partial charge in [0.2, 0.25) is 0 Å². The minimum Gasteiger partial charge on any atom is -0.445 e. The molecule has 8 heteroatoms. The van der Waals surface area contributed by atoms with Gasteiger partial charge in [0.05, 0.1) is 18.7 Å². The Balaban J connectivity index is 1.25. The highest BCUT2D eigenvalue weighted by Gasteiger charge is 2.32. The van der Waals surface area contributed by atoms with E-state index in [-0.39, 0.29) is 36.6 Å². The van der Waals surface area contributed by atoms with Crippen LogP contribution in [0.2, 0.25) is 0 Å². The highest BCUT2D eigenvalue weighted by Crippen LogP contribution is 2.33. The van der Waals surface area contributed by atoms with E-state index in [2.05, 4.69) is 10.5 Å². The molecule has 0 bridgehead atoms. The van der Waals surface area contributed by atoms with Crippen molar-refractivity contribution in [1.82, 2.24) is 15.4 Å². The molecule has 2 heterocycles. The van der Waals surface area contributed by atoms with Gasteiger partial charge in [-0.3, -0.25) is 24.9 Å². The Bertz CT molecular complexity index is 1380. The van der Waals surface area contributed by atoms with E-state index in [9.17, 15) is 14.4 Å². The molecule has 1 fully saturated rings. The number of allylic oxidation sites excluding steroid dienone is 1. The second-order valence-electron chi connectivity index (χ2n) is 10.2. The smallest absolute Gasteiger partial charge is 0.410 e. The summed E-state index contributed by atoms with van der Waals surface area (Å²) in [6.07, 6.45) is 6.79. The summed E-state index contributed by atoms with van der Waals surface area (Å²) in [5.41, 5.74) is 8.18. The van der Waals surface area contributed by atoms with Gasteiger partial charge >= 0.3 is 6.09 Å². The van der Waals surface area contributed by atoms with Crippen LogP contribution < -0.4 is 5.48 Å². The fourth-order valence-corrected chi connectivity index (χ4v) is 5.43. The van der Waals surface area contributed by atoms with Crippen molar-refractivity contribution in [2.45, 2.75) is 38.2 Å². The Hall–Kier alpha value is -4.30. The third-order valence-corrected chi connectivity index (χ3v) is 7.66. The minimum atomic E-state index is -0.603. The Morgan fingerprint density at radius 2 is 1.77 bits per heavy atom. The number of likely N-dealkylation sites (tertiary alicyclic amines) is 1. The molecule has 2 aliphatic rings. The number of amides is 1. The first-order chi connectivity index (χ1) is 19.5. The molecule has 1 atom stereocenters. The first-order valence-corrected chi connectivity index (χ1v) is 13.6. The summed E-state index contributed by atoms with van der Waals surface area (Å²) < 4.78 is 5.46. The van der Waals surface area contributed by atoms with Gasteiger partial charge in [0.1, 0.15) is 12.4 Å². The normalized spacial score (nSPS) is 15.6. The van der Waals surface area contributed by atoms with E-state index in [1.54, 1.807) is 36.5 Å². The summed E-state index contributed by atoms with van der Waals surface area (Å²) in [6.45, 7) is 1.12. The van der Waals surface area contributed by atoms with E-state index in [0.717, 1.165) is 34.4 Å². The topological polar surface area (TPSA) is 97.8 Å². The molecule has 0 radical (unpaired) electrons. The number of carbonyl (C=O) groups excluding carboxylic acids is 3. The second-order valence-corrected chi connectivity index (χ2v) is 10.2. The summed E-state index contributed by atoms with van der Waals surface area (Å²) in [5.74, 6) is -0.864. The van der Waals surface area contributed by atoms with Gasteiger partial charge in [-0.05, 0) is 48.1 Å². The Kier molecular flexibility index (Phi) is 8.66. The number of carbonyl (C=O) groups is 3. The lowest BCUT2D eigenvalue weighted by Gasteiger charge is -2.31. The molecule has 0 saturated carbocycles. The van der Waals surface area contributed by atoms with Gasteiger partial charge < -0.3 is 9.64 Å². The number of ketones is 2. The maximum absolute atomic E-state index is 13.7. The van der Waals surface area contributed by atoms with E-state index < -0.39 is 5.92 Å². The largest absolute Gasteiger partial charge is 0.445 e. The van der Waals surface area contributed by atoms with Crippen molar-refractivity contribution in [2.75, 3.05) is 20.2 Å². The fourth-order valence-electron chi connectivity index (χ4n) is 5.43. The molecule has 1 aliphatic carbocycles. The summed E-state index contributed by atoms with van der Waals surface area (Å²) in [7, 11) is 1.57. The van der Waals surface area contributed by atoms with Crippen LogP contribution in [0, 0.1) is 5.92 Å². The molecule has 5 rings (SSSR count). The van der Waals surface area contributed by atoms with E-state index >= 15 is 0 Å². The van der Waals surface area contributed by atoms with Crippen LogP contribution in [-0.4, -0.2) is 47.7 Å². The zero-order valence-corrected chi connectivity index (χ0v) is 22.5. The number of hydrogen-bond acceptors (Lipinski definition) is 7. The predicted octanol–water partition coefficient (Wildman–Crippen LogP) is 5.10. The van der Waals surface area contributed by atoms with Gasteiger partial charge in [-0.2, -0.15) is 0 Å². The number of hydroxylamine groups is 1. The fraction of sp³-hybridized carbons (Fsp3) is 0.312. The molecule has 8 nitrogen and oxygen atoms in total. The molecule has 1 unspecified atom stereocenters. The predicted molar refractivity (Wildman–Crippen MR) is 150 cm³/mol. The molecule has 1 saturated heterocycles. The Morgan fingerprint density at radius 1 is 1.02 bits per heavy atom. The molecule has 1 N–H and O–H groups in total. The van der Waals surface area contributed by atoms with Gasteiger partial charge in [-0.1, -0.05) is 54.6 Å². The monoisotopic (exact) mass is 539 g/mol. The number of aromatic nitrogens is 1. The molecule has 1 aromatic heterocycles. The van der Waals surface area contributed by atoms with Gasteiger partial charge in [0.25, 0.3) is 0 Å². The number of piperidine rings is 1. The van der Waals surface area contributed by atoms with Crippen LogP contribution in [0.4, 0.5) is 4.79 Å². The standard InChI is InChI=1S/C32H33N3O5/c1-39-34-29-10-8-25-19-26(7-9-27(25)29)28(31(37)24-11-15-33-16-12-24)20-30(36)23-13-17-35(18-14-23)32(38)40-21-22-5-3-2-4-6-22/h2-7,9-12,15-16,19,23,28,34H,8,13-14,17-18,20-21H2,1H3. The van der Waals surface area contributed by atoms with Gasteiger partial charge in [-0.15, -0.1) is 0 Å². The molecular weight excluding hydrogens is 506 g/mol. The first-order valence-electron chi connectivity index (χ1n) is 13.6. The quantitative estimate of drug-likeness (QED) is 0.283. The van der Waals surface area contributed by atoms with E-state index in [1.807, 2.05) is 54.6 Å². The summed E-state index contributed by atoms with van der Waals surface area (Å²) in [6, 6.07) is 18.9. The lowest BCUT2D eigenvalue weighted by atomic mass is 9.81. The third kappa shape index (κ3) is 6.29. The van der Waals surface area contributed by atoms with E-state index in [0.29, 0.717) is 31.5 Å². The SMILES string of the molecule is CONC1=CCc2cc(C(CC(=O)C3CCN(C(=O)OCc4ccccc4)CC3)C(=O)c3ccncc3)ccc21. The molecule has 3 aromatic rings. The molecule has 40 heavy (non-hydrogen) atoms. The van der Waals surface area contributed by atoms with Crippen molar-refractivity contribution >= 4 is 23.4 Å². The summed E-state index contributed by atoms with van der Waals surface area (Å²) in [4.78, 5) is 50.5. The number of pyridine rings is 1. The van der Waals surface area contributed by atoms with Crippen molar-refractivity contribution < 1.29 is 24.0 Å². The Labute approximate surface area is 234 Å². The first kappa shape index (κ1) is 27.3. The average Bonchev–Trinajstić information content (AvgIpc) is 3.41. The maximum atomic E-state index is 13.7. The molecule has 0 spiro atoms. The molecule has 206 valence electrons. The average molecular weight is 540 g/mol. The number of fused-ring (bicyclic) bond motifs is 1. The van der Waals surface area contributed by atoms with Crippen LogP contribution in [0.3, 0.4) is 0 Å². The van der Waals surface area contributed by atoms with Crippen LogP contribution in [0.25, 0.3) is 5.70 Å². The van der Waals surface area contributed by atoms with E-state index in [1.165, 1.54) is 0 Å². The zero-order chi connectivity index (χ0) is 27.9. The molecular formula is C32H33N3O5. The van der Waals surface area contributed by atoms with Crippen molar-refractivity contribution in [1.29, 1.82) is 0 Å². The van der Waals surface area contributed by atoms with E-state index in [4.69, 9.17) is 9.57 Å². The second kappa shape index (κ2) is 12.7. The number of rotatable bonds is 10. The van der Waals surface area contributed by atoms with Crippen molar-refractivity contribution in [3.63, 3.8) is 0 Å². The van der Waals surface area contributed by atoms with Crippen LogP contribution in [0.1, 0.15) is 57.8 Å². The molecule has 1 amide bonds. The number of nitrogens with zero attached hydrogens (tertiary/aromatic N) is 2. The Morgan fingerprint density at radius 3 is 2.50 bits per heavy atom. The van der Waals surface area contributed by atoms with Crippen molar-refractivity contribution in [2.24, 2.45) is 5.92 Å². The van der Waals surface area contributed by atoms with Crippen LogP contribution in [0.15, 0.2) is 79.1 Å². The molecule has 2 aromatic carbocycles. The van der Waals surface area contributed by atoms with Gasteiger partial charge in [-0.25, -0.2) is 4.79 Å². The minimum absolute atomic E-state index is 0.0464. The van der Waals surface area contributed by atoms with Crippen molar-refractivity contribution in [3.05, 3.63) is 107 Å². The summed E-state index contributed by atoms with van der Waals surface area (Å²) in [5, 5.41) is 0. The number of Topliss-reactive ketones (excluding diaryl/α,β-unsaturated/α-hetero) is 2. The lowest BCUT2D eigenvalue weighted by Crippen LogP contribution is -2.40. The lowest BCUT2D eigenvalue weighted by molar-refractivity contribution is -0.124. The zero-order valence-electron chi connectivity index (χ0n) is 22.5. The van der Waals surface area contributed by atoms with Crippen molar-refractivity contribution in [3.8, 4) is 0 Å². The van der Waals surface area contributed by atoms with Crippen LogP contribution in [-0.2, 0) is 27.4 Å². The van der Waals surface area contributed by atoms with Gasteiger partial charge in [0.15, 0.2) is 5.78 Å². The third-order valence-electron chi connectivity index (χ3n) is 7.66. The highest BCUT2D eigenvalue weighted by molar-refractivity contribution is 6.03. The van der Waals surface area contributed by atoms with Gasteiger partial charge in [0, 0.05) is 48.9 Å². The summed E-state index contributed by atoms with van der Waals surface area (Å²) >= 11 is 0.